The molecule has 132 valence electrons. The SMILES string of the molecule is Cl.Nc1cccc(CN2CCC(C3C(=O)Nc4ccccc43)CC2)c1. The summed E-state index contributed by atoms with van der Waals surface area (Å²) in [4.78, 5) is 14.9. The lowest BCUT2D eigenvalue weighted by atomic mass is 9.80. The summed E-state index contributed by atoms with van der Waals surface area (Å²) in [5, 5.41) is 3.04. The van der Waals surface area contributed by atoms with Crippen molar-refractivity contribution in [2.24, 2.45) is 5.92 Å². The fraction of sp³-hybridized carbons (Fsp3) is 0.350. The van der Waals surface area contributed by atoms with Crippen LogP contribution >= 0.6 is 12.4 Å². The van der Waals surface area contributed by atoms with Gasteiger partial charge in [-0.3, -0.25) is 9.69 Å². The highest BCUT2D eigenvalue weighted by Crippen LogP contribution is 2.41. The first-order chi connectivity index (χ1) is 11.7. The third-order valence-corrected chi connectivity index (χ3v) is 5.30. The van der Waals surface area contributed by atoms with E-state index in [0.29, 0.717) is 5.92 Å². The molecule has 1 atom stereocenters. The maximum atomic E-state index is 12.4. The second-order valence-corrected chi connectivity index (χ2v) is 6.91. The van der Waals surface area contributed by atoms with Gasteiger partial charge in [-0.05, 0) is 61.2 Å². The van der Waals surface area contributed by atoms with Gasteiger partial charge in [-0.2, -0.15) is 0 Å². The first-order valence-electron chi connectivity index (χ1n) is 8.67. The van der Waals surface area contributed by atoms with E-state index in [9.17, 15) is 4.79 Å². The van der Waals surface area contributed by atoms with Gasteiger partial charge in [0.05, 0.1) is 5.92 Å². The molecule has 1 saturated heterocycles. The third-order valence-electron chi connectivity index (χ3n) is 5.30. The van der Waals surface area contributed by atoms with Gasteiger partial charge in [0, 0.05) is 17.9 Å². The number of amides is 1. The zero-order valence-corrected chi connectivity index (χ0v) is 15.0. The molecule has 4 nitrogen and oxygen atoms in total. The average molecular weight is 358 g/mol. The van der Waals surface area contributed by atoms with Gasteiger partial charge >= 0.3 is 0 Å². The van der Waals surface area contributed by atoms with E-state index < -0.39 is 0 Å². The number of carbonyl (C=O) groups is 1. The number of para-hydroxylation sites is 1. The Bertz CT molecular complexity index is 756. The van der Waals surface area contributed by atoms with Crippen molar-refractivity contribution >= 4 is 29.7 Å². The fourth-order valence-corrected chi connectivity index (χ4v) is 4.10. The van der Waals surface area contributed by atoms with Crippen molar-refractivity contribution in [2.45, 2.75) is 25.3 Å². The number of nitrogen functional groups attached to an aromatic ring is 1. The number of halogens is 1. The summed E-state index contributed by atoms with van der Waals surface area (Å²) >= 11 is 0. The number of fused-ring (bicyclic) bond motifs is 1. The van der Waals surface area contributed by atoms with Crippen LogP contribution in [0.1, 0.15) is 29.9 Å². The highest BCUT2D eigenvalue weighted by molar-refractivity contribution is 6.03. The lowest BCUT2D eigenvalue weighted by Gasteiger charge is -2.34. The predicted octanol–water partition coefficient (Wildman–Crippen LogP) is 3.64. The highest BCUT2D eigenvalue weighted by atomic mass is 35.5. The molecule has 2 aromatic rings. The molecule has 1 fully saturated rings. The normalized spacial score (nSPS) is 20.6. The summed E-state index contributed by atoms with van der Waals surface area (Å²) in [5.41, 5.74) is 10.1. The van der Waals surface area contributed by atoms with Crippen LogP contribution in [0.25, 0.3) is 0 Å². The molecule has 2 aliphatic rings. The van der Waals surface area contributed by atoms with E-state index >= 15 is 0 Å². The smallest absolute Gasteiger partial charge is 0.232 e. The number of nitrogens with zero attached hydrogens (tertiary/aromatic N) is 1. The maximum absolute atomic E-state index is 12.4. The monoisotopic (exact) mass is 357 g/mol. The van der Waals surface area contributed by atoms with Crippen LogP contribution in [-0.4, -0.2) is 23.9 Å². The molecule has 25 heavy (non-hydrogen) atoms. The molecule has 0 aromatic heterocycles. The number of benzene rings is 2. The first kappa shape index (κ1) is 17.8. The fourth-order valence-electron chi connectivity index (χ4n) is 4.10. The molecule has 0 spiro atoms. The Morgan fingerprint density at radius 2 is 1.84 bits per heavy atom. The van der Waals surface area contributed by atoms with Crippen LogP contribution in [0.15, 0.2) is 48.5 Å². The van der Waals surface area contributed by atoms with Crippen LogP contribution in [0.3, 0.4) is 0 Å². The molecule has 0 saturated carbocycles. The molecule has 4 rings (SSSR count). The molecule has 1 amide bonds. The van der Waals surface area contributed by atoms with Gasteiger partial charge in [-0.15, -0.1) is 12.4 Å². The van der Waals surface area contributed by atoms with E-state index in [1.54, 1.807) is 0 Å². The van der Waals surface area contributed by atoms with Gasteiger partial charge in [0.25, 0.3) is 0 Å². The van der Waals surface area contributed by atoms with Crippen molar-refractivity contribution in [2.75, 3.05) is 24.1 Å². The molecular weight excluding hydrogens is 334 g/mol. The molecule has 1 unspecified atom stereocenters. The van der Waals surface area contributed by atoms with Gasteiger partial charge in [0.1, 0.15) is 0 Å². The molecule has 0 radical (unpaired) electrons. The Kier molecular flexibility index (Phi) is 5.30. The minimum Gasteiger partial charge on any atom is -0.399 e. The highest BCUT2D eigenvalue weighted by Gasteiger charge is 2.37. The van der Waals surface area contributed by atoms with Crippen LogP contribution in [0, 0.1) is 5.92 Å². The van der Waals surface area contributed by atoms with E-state index in [1.807, 2.05) is 36.4 Å². The molecular formula is C20H24ClN3O. The molecule has 0 aliphatic carbocycles. The molecule has 2 heterocycles. The van der Waals surface area contributed by atoms with Crippen LogP contribution in [0.2, 0.25) is 0 Å². The molecule has 2 aliphatic heterocycles. The summed E-state index contributed by atoms with van der Waals surface area (Å²) < 4.78 is 0. The standard InChI is InChI=1S/C20H23N3O.ClH/c21-16-5-3-4-14(12-16)13-23-10-8-15(9-11-23)19-17-6-1-2-7-18(17)22-20(19)24;/h1-7,12,15,19H,8-11,13,21H2,(H,22,24);1H. The van der Waals surface area contributed by atoms with Gasteiger partial charge in [0.15, 0.2) is 0 Å². The predicted molar refractivity (Wildman–Crippen MR) is 104 cm³/mol. The van der Waals surface area contributed by atoms with Crippen molar-refractivity contribution in [1.82, 2.24) is 4.90 Å². The number of hydrogen-bond acceptors (Lipinski definition) is 3. The van der Waals surface area contributed by atoms with E-state index in [0.717, 1.165) is 43.9 Å². The Labute approximate surface area is 154 Å². The number of rotatable bonds is 3. The average Bonchev–Trinajstić information content (AvgIpc) is 2.91. The number of nitrogens with one attached hydrogen (secondary N) is 1. The number of nitrogens with two attached hydrogens (primary N) is 1. The summed E-state index contributed by atoms with van der Waals surface area (Å²) in [6, 6.07) is 16.2. The topological polar surface area (TPSA) is 58.4 Å². The van der Waals surface area contributed by atoms with Crippen LogP contribution in [-0.2, 0) is 11.3 Å². The first-order valence-corrected chi connectivity index (χ1v) is 8.67. The second-order valence-electron chi connectivity index (χ2n) is 6.91. The number of anilines is 2. The second kappa shape index (κ2) is 7.46. The molecule has 5 heteroatoms. The van der Waals surface area contributed by atoms with Gasteiger partial charge in [-0.1, -0.05) is 30.3 Å². The molecule has 2 aromatic carbocycles. The lowest BCUT2D eigenvalue weighted by Crippen LogP contribution is -2.36. The third kappa shape index (κ3) is 3.65. The van der Waals surface area contributed by atoms with Crippen LogP contribution < -0.4 is 11.1 Å². The van der Waals surface area contributed by atoms with E-state index in [-0.39, 0.29) is 24.2 Å². The summed E-state index contributed by atoms with van der Waals surface area (Å²) in [5.74, 6) is 0.631. The number of hydrogen-bond donors (Lipinski definition) is 2. The Morgan fingerprint density at radius 3 is 2.60 bits per heavy atom. The Morgan fingerprint density at radius 1 is 1.08 bits per heavy atom. The number of piperidine rings is 1. The maximum Gasteiger partial charge on any atom is 0.232 e. The molecule has 3 N–H and O–H groups in total. The van der Waals surface area contributed by atoms with Crippen molar-refractivity contribution in [3.05, 3.63) is 59.7 Å². The van der Waals surface area contributed by atoms with Gasteiger partial charge in [-0.25, -0.2) is 0 Å². The Hall–Kier alpha value is -2.04. The number of carbonyl (C=O) groups excluding carboxylic acids is 1. The zero-order valence-electron chi connectivity index (χ0n) is 14.2. The largest absolute Gasteiger partial charge is 0.399 e. The van der Waals surface area contributed by atoms with Crippen molar-refractivity contribution in [1.29, 1.82) is 0 Å². The van der Waals surface area contributed by atoms with E-state index in [2.05, 4.69) is 22.3 Å². The van der Waals surface area contributed by atoms with Gasteiger partial charge in [0.2, 0.25) is 5.91 Å². The quantitative estimate of drug-likeness (QED) is 0.824. The summed E-state index contributed by atoms with van der Waals surface area (Å²) in [7, 11) is 0. The number of likely N-dealkylation sites (tertiary alicyclic amines) is 1. The van der Waals surface area contributed by atoms with E-state index in [4.69, 9.17) is 5.73 Å². The van der Waals surface area contributed by atoms with Crippen LogP contribution in [0.4, 0.5) is 11.4 Å². The molecule has 0 bridgehead atoms. The van der Waals surface area contributed by atoms with Crippen LogP contribution in [0.5, 0.6) is 0 Å². The summed E-state index contributed by atoms with van der Waals surface area (Å²) in [6.45, 7) is 3.00. The van der Waals surface area contributed by atoms with Crippen molar-refractivity contribution in [3.63, 3.8) is 0 Å². The minimum atomic E-state index is 0. The zero-order chi connectivity index (χ0) is 16.5. The minimum absolute atomic E-state index is 0. The summed E-state index contributed by atoms with van der Waals surface area (Å²) in [6.07, 6.45) is 2.13. The Balaban J connectivity index is 0.00000182. The van der Waals surface area contributed by atoms with Gasteiger partial charge < -0.3 is 11.1 Å². The van der Waals surface area contributed by atoms with Crippen molar-refractivity contribution in [3.8, 4) is 0 Å². The van der Waals surface area contributed by atoms with Crippen molar-refractivity contribution < 1.29 is 4.79 Å². The van der Waals surface area contributed by atoms with E-state index in [1.165, 1.54) is 11.1 Å². The lowest BCUT2D eigenvalue weighted by molar-refractivity contribution is -0.118.